The summed E-state index contributed by atoms with van der Waals surface area (Å²) in [7, 11) is -4.22. The highest BCUT2D eigenvalue weighted by Gasteiger charge is 2.55. The second kappa shape index (κ2) is 13.9. The van der Waals surface area contributed by atoms with Crippen molar-refractivity contribution in [2.75, 3.05) is 13.2 Å². The van der Waals surface area contributed by atoms with E-state index in [0.717, 1.165) is 37.9 Å². The van der Waals surface area contributed by atoms with Crippen LogP contribution in [0.1, 0.15) is 74.8 Å². The fraction of sp³-hybridized carbons (Fsp3) is 0.548. The second-order valence-corrected chi connectivity index (χ2v) is 14.8. The summed E-state index contributed by atoms with van der Waals surface area (Å²) in [4.78, 5) is 21.1. The van der Waals surface area contributed by atoms with Gasteiger partial charge in [0.05, 0.1) is 18.1 Å². The Kier molecular flexibility index (Phi) is 10.3. The lowest BCUT2D eigenvalue weighted by Gasteiger charge is -2.17. The van der Waals surface area contributed by atoms with Gasteiger partial charge in [0.25, 0.3) is 15.9 Å². The third-order valence-corrected chi connectivity index (χ3v) is 10.1. The average molecular weight is 683 g/mol. The molecule has 1 amide bonds. The summed E-state index contributed by atoms with van der Waals surface area (Å²) in [5.74, 6) is -1.53. The number of hydrogen-bond acceptors (Lipinski definition) is 8. The van der Waals surface area contributed by atoms with E-state index in [4.69, 9.17) is 16.3 Å². The van der Waals surface area contributed by atoms with Crippen molar-refractivity contribution in [1.29, 1.82) is 0 Å². The van der Waals surface area contributed by atoms with Crippen LogP contribution in [0, 0.1) is 17.8 Å². The smallest absolute Gasteiger partial charge is 0.392 e. The van der Waals surface area contributed by atoms with Crippen molar-refractivity contribution >= 4 is 27.5 Å². The molecule has 3 atom stereocenters. The van der Waals surface area contributed by atoms with Gasteiger partial charge in [-0.25, -0.2) is 22.8 Å². The van der Waals surface area contributed by atoms with Crippen LogP contribution in [0.5, 0.6) is 5.88 Å². The first kappa shape index (κ1) is 34.1. The fourth-order valence-electron chi connectivity index (χ4n) is 5.88. The number of unbranched alkanes of at least 4 members (excludes halogenated alkanes) is 2. The molecule has 0 bridgehead atoms. The van der Waals surface area contributed by atoms with Gasteiger partial charge in [-0.05, 0) is 95.0 Å². The lowest BCUT2D eigenvalue weighted by molar-refractivity contribution is -0.151. The first-order valence-corrected chi connectivity index (χ1v) is 17.3. The molecule has 1 aliphatic carbocycles. The molecule has 0 aromatic carbocycles. The Hall–Kier alpha value is -3.23. The number of alkyl halides is 3. The summed E-state index contributed by atoms with van der Waals surface area (Å²) < 4.78 is 72.6. The highest BCUT2D eigenvalue weighted by atomic mass is 35.5. The maximum Gasteiger partial charge on any atom is 0.392 e. The molecule has 1 saturated carbocycles. The SMILES string of the molecule is CC1(C)CC(CCCCCc2ccc(S(=O)(=O)NC(=O)c3ccc(-n4ccc(OCCC5CC5C(F)(F)F)n4)nc3Cl)cn2)CN1. The van der Waals surface area contributed by atoms with Gasteiger partial charge >= 0.3 is 6.18 Å². The van der Waals surface area contributed by atoms with E-state index in [1.165, 1.54) is 54.2 Å². The van der Waals surface area contributed by atoms with Gasteiger partial charge in [-0.1, -0.05) is 24.4 Å². The van der Waals surface area contributed by atoms with E-state index in [1.54, 1.807) is 6.07 Å². The molecule has 0 radical (unpaired) electrons. The van der Waals surface area contributed by atoms with Crippen molar-refractivity contribution in [3.05, 3.63) is 59.1 Å². The third kappa shape index (κ3) is 8.97. The Labute approximate surface area is 271 Å². The molecule has 2 aliphatic rings. The van der Waals surface area contributed by atoms with Gasteiger partial charge in [-0.2, -0.15) is 13.2 Å². The maximum atomic E-state index is 12.9. The number of aryl methyl sites for hydroxylation is 1. The first-order chi connectivity index (χ1) is 21.7. The van der Waals surface area contributed by atoms with E-state index in [9.17, 15) is 26.4 Å². The summed E-state index contributed by atoms with van der Waals surface area (Å²) in [5.41, 5.74) is 0.841. The minimum Gasteiger partial charge on any atom is -0.477 e. The number of ether oxygens (including phenoxy) is 1. The molecule has 5 rings (SSSR count). The molecule has 250 valence electrons. The largest absolute Gasteiger partial charge is 0.477 e. The van der Waals surface area contributed by atoms with Crippen LogP contribution in [0.25, 0.3) is 5.82 Å². The molecular weight excluding hydrogens is 645 g/mol. The lowest BCUT2D eigenvalue weighted by atomic mass is 9.93. The lowest BCUT2D eigenvalue weighted by Crippen LogP contribution is -2.31. The van der Waals surface area contributed by atoms with Crippen molar-refractivity contribution in [2.45, 2.75) is 81.8 Å². The minimum atomic E-state index is -4.22. The molecule has 3 aromatic rings. The van der Waals surface area contributed by atoms with E-state index in [2.05, 4.69) is 34.2 Å². The van der Waals surface area contributed by atoms with Crippen molar-refractivity contribution in [3.63, 3.8) is 0 Å². The first-order valence-electron chi connectivity index (χ1n) is 15.4. The molecule has 1 aliphatic heterocycles. The van der Waals surface area contributed by atoms with E-state index in [1.807, 2.05) is 4.72 Å². The summed E-state index contributed by atoms with van der Waals surface area (Å²) in [6.45, 7) is 5.63. The number of carbonyl (C=O) groups is 1. The highest BCUT2D eigenvalue weighted by molar-refractivity contribution is 7.90. The summed E-state index contributed by atoms with van der Waals surface area (Å²) in [6, 6.07) is 7.33. The molecule has 3 unspecified atom stereocenters. The quantitative estimate of drug-likeness (QED) is 0.159. The zero-order valence-electron chi connectivity index (χ0n) is 25.7. The van der Waals surface area contributed by atoms with Gasteiger partial charge in [-0.15, -0.1) is 5.10 Å². The number of rotatable bonds is 14. The Morgan fingerprint density at radius 3 is 2.61 bits per heavy atom. The number of amides is 1. The van der Waals surface area contributed by atoms with Gasteiger partial charge in [0.15, 0.2) is 5.82 Å². The van der Waals surface area contributed by atoms with Crippen LogP contribution in [0.15, 0.2) is 47.6 Å². The van der Waals surface area contributed by atoms with Gasteiger partial charge in [-0.3, -0.25) is 9.78 Å². The second-order valence-electron chi connectivity index (χ2n) is 12.7. The molecule has 1 saturated heterocycles. The number of pyridine rings is 2. The van der Waals surface area contributed by atoms with Crippen molar-refractivity contribution in [1.82, 2.24) is 29.8 Å². The van der Waals surface area contributed by atoms with Crippen LogP contribution >= 0.6 is 11.6 Å². The number of nitrogens with zero attached hydrogens (tertiary/aromatic N) is 4. The molecule has 0 spiro atoms. The number of halogens is 4. The zero-order chi connectivity index (χ0) is 33.1. The average Bonchev–Trinajstić information content (AvgIpc) is 3.49. The van der Waals surface area contributed by atoms with Crippen LogP contribution in [0.2, 0.25) is 5.15 Å². The van der Waals surface area contributed by atoms with E-state index < -0.39 is 33.9 Å². The topological polar surface area (TPSA) is 128 Å². The zero-order valence-corrected chi connectivity index (χ0v) is 27.3. The van der Waals surface area contributed by atoms with Crippen LogP contribution < -0.4 is 14.8 Å². The Morgan fingerprint density at radius 1 is 1.15 bits per heavy atom. The number of carbonyl (C=O) groups excluding carboxylic acids is 1. The molecule has 10 nitrogen and oxygen atoms in total. The summed E-state index contributed by atoms with van der Waals surface area (Å²) in [5, 5.41) is 7.48. The van der Waals surface area contributed by atoms with Gasteiger partial charge in [0.2, 0.25) is 5.88 Å². The molecule has 4 heterocycles. The van der Waals surface area contributed by atoms with Gasteiger partial charge in [0.1, 0.15) is 10.0 Å². The van der Waals surface area contributed by atoms with Gasteiger partial charge < -0.3 is 10.1 Å². The Bertz CT molecular complexity index is 1630. The number of nitrogens with one attached hydrogen (secondary N) is 2. The van der Waals surface area contributed by atoms with Crippen LogP contribution in [-0.2, 0) is 16.4 Å². The molecular formula is C31H38ClF3N6O4S. The molecule has 46 heavy (non-hydrogen) atoms. The number of aromatic nitrogens is 4. The van der Waals surface area contributed by atoms with Crippen molar-refractivity contribution < 1.29 is 31.1 Å². The van der Waals surface area contributed by atoms with Crippen LogP contribution in [-0.4, -0.2) is 58.9 Å². The fourth-order valence-corrected chi connectivity index (χ4v) is 7.02. The van der Waals surface area contributed by atoms with Crippen molar-refractivity contribution in [2.24, 2.45) is 17.8 Å². The van der Waals surface area contributed by atoms with Crippen LogP contribution in [0.3, 0.4) is 0 Å². The molecule has 2 fully saturated rings. The maximum absolute atomic E-state index is 12.9. The Balaban J connectivity index is 1.08. The Morgan fingerprint density at radius 2 is 1.96 bits per heavy atom. The van der Waals surface area contributed by atoms with Crippen molar-refractivity contribution in [3.8, 4) is 11.7 Å². The summed E-state index contributed by atoms with van der Waals surface area (Å²) in [6.07, 6.45) is 5.27. The van der Waals surface area contributed by atoms with E-state index in [0.29, 0.717) is 5.92 Å². The van der Waals surface area contributed by atoms with Gasteiger partial charge in [0, 0.05) is 29.7 Å². The highest BCUT2D eigenvalue weighted by Crippen LogP contribution is 2.51. The monoisotopic (exact) mass is 682 g/mol. The van der Waals surface area contributed by atoms with Crippen LogP contribution in [0.4, 0.5) is 13.2 Å². The normalized spacial score (nSPS) is 20.9. The third-order valence-electron chi connectivity index (χ3n) is 8.51. The summed E-state index contributed by atoms with van der Waals surface area (Å²) >= 11 is 6.23. The number of hydrogen-bond donors (Lipinski definition) is 2. The standard InChI is InChI=1S/C31H38ClF3N6O4S/c1-30(2)17-20(18-37-30)6-4-3-5-7-22-8-9-23(19-36-22)46(43,44)40-29(42)24-10-11-26(38-28(24)32)41-14-12-27(39-41)45-15-13-21-16-25(21)31(33,34)35/h8-12,14,19-21,25,37H,3-7,13,15-18H2,1-2H3,(H,40,42). The van der Waals surface area contributed by atoms with E-state index >= 15 is 0 Å². The predicted octanol–water partition coefficient (Wildman–Crippen LogP) is 5.89. The predicted molar refractivity (Wildman–Crippen MR) is 165 cm³/mol. The minimum absolute atomic E-state index is 0.0890. The molecule has 3 aromatic heterocycles. The molecule has 2 N–H and O–H groups in total. The number of sulfonamides is 1. The van der Waals surface area contributed by atoms with E-state index in [-0.39, 0.29) is 52.3 Å². The molecule has 15 heteroatoms.